The first-order valence-electron chi connectivity index (χ1n) is 7.61. The standard InChI is InChI=1S/C18H16N4O/c1-12-10-13-4-2-3-5-17(13)22(12)18(23)21-14-6-7-15-16(11-14)20-9-8-19-15/h2-9,11-12H,10H2,1H3,(H,21,23)/t12-/m1/s1. The molecule has 114 valence electrons. The molecule has 1 aromatic heterocycles. The molecule has 1 aliphatic rings. The van der Waals surface area contributed by atoms with Crippen LogP contribution in [0, 0.1) is 0 Å². The SMILES string of the molecule is C[C@@H]1Cc2ccccc2N1C(=O)Nc1ccc2nccnc2c1. The van der Waals surface area contributed by atoms with Crippen molar-refractivity contribution >= 4 is 28.4 Å². The molecule has 0 bridgehead atoms. The average Bonchev–Trinajstić information content (AvgIpc) is 2.90. The third-order valence-corrected chi connectivity index (χ3v) is 4.15. The van der Waals surface area contributed by atoms with Gasteiger partial charge in [0.05, 0.1) is 11.0 Å². The number of nitrogens with zero attached hydrogens (tertiary/aromatic N) is 3. The zero-order chi connectivity index (χ0) is 15.8. The van der Waals surface area contributed by atoms with Crippen LogP contribution in [-0.4, -0.2) is 22.0 Å². The van der Waals surface area contributed by atoms with E-state index in [1.807, 2.05) is 41.3 Å². The van der Waals surface area contributed by atoms with E-state index in [9.17, 15) is 4.79 Å². The first-order chi connectivity index (χ1) is 11.2. The van der Waals surface area contributed by atoms with Crippen molar-refractivity contribution in [2.24, 2.45) is 0 Å². The topological polar surface area (TPSA) is 58.1 Å². The van der Waals surface area contributed by atoms with Crippen LogP contribution in [0.15, 0.2) is 54.9 Å². The van der Waals surface area contributed by atoms with Gasteiger partial charge in [0, 0.05) is 29.8 Å². The first kappa shape index (κ1) is 13.7. The minimum absolute atomic E-state index is 0.120. The monoisotopic (exact) mass is 304 g/mol. The van der Waals surface area contributed by atoms with Crippen LogP contribution in [0.3, 0.4) is 0 Å². The van der Waals surface area contributed by atoms with Gasteiger partial charge >= 0.3 is 6.03 Å². The van der Waals surface area contributed by atoms with E-state index in [4.69, 9.17) is 0 Å². The molecule has 1 atom stereocenters. The molecule has 5 nitrogen and oxygen atoms in total. The lowest BCUT2D eigenvalue weighted by Gasteiger charge is -2.23. The van der Waals surface area contributed by atoms with Gasteiger partial charge in [0.25, 0.3) is 0 Å². The number of hydrogen-bond acceptors (Lipinski definition) is 3. The van der Waals surface area contributed by atoms with E-state index in [0.717, 1.165) is 28.8 Å². The molecule has 2 heterocycles. The quantitative estimate of drug-likeness (QED) is 0.747. The van der Waals surface area contributed by atoms with Gasteiger partial charge in [0.15, 0.2) is 0 Å². The van der Waals surface area contributed by atoms with Crippen molar-refractivity contribution < 1.29 is 4.79 Å². The molecule has 0 saturated carbocycles. The summed E-state index contributed by atoms with van der Waals surface area (Å²) in [5.41, 5.74) is 4.49. The third kappa shape index (κ3) is 2.40. The zero-order valence-electron chi connectivity index (χ0n) is 12.7. The second-order valence-corrected chi connectivity index (χ2v) is 5.74. The molecule has 1 aliphatic heterocycles. The molecule has 4 rings (SSSR count). The Morgan fingerprint density at radius 2 is 1.91 bits per heavy atom. The predicted molar refractivity (Wildman–Crippen MR) is 90.6 cm³/mol. The fraction of sp³-hybridized carbons (Fsp3) is 0.167. The Labute approximate surface area is 134 Å². The largest absolute Gasteiger partial charge is 0.326 e. The summed E-state index contributed by atoms with van der Waals surface area (Å²) in [4.78, 5) is 23.0. The van der Waals surface area contributed by atoms with Crippen molar-refractivity contribution in [3.8, 4) is 0 Å². The molecule has 0 radical (unpaired) electrons. The van der Waals surface area contributed by atoms with Gasteiger partial charge in [0.1, 0.15) is 0 Å². The van der Waals surface area contributed by atoms with Gasteiger partial charge in [0.2, 0.25) is 0 Å². The van der Waals surface area contributed by atoms with Crippen molar-refractivity contribution in [3.05, 3.63) is 60.4 Å². The molecule has 0 spiro atoms. The Morgan fingerprint density at radius 1 is 1.13 bits per heavy atom. The molecule has 3 aromatic rings. The van der Waals surface area contributed by atoms with Crippen LogP contribution >= 0.6 is 0 Å². The van der Waals surface area contributed by atoms with E-state index in [1.165, 1.54) is 5.56 Å². The van der Waals surface area contributed by atoms with Gasteiger partial charge in [-0.15, -0.1) is 0 Å². The molecule has 23 heavy (non-hydrogen) atoms. The van der Waals surface area contributed by atoms with Crippen LogP contribution in [-0.2, 0) is 6.42 Å². The van der Waals surface area contributed by atoms with Gasteiger partial charge in [-0.1, -0.05) is 18.2 Å². The Hall–Kier alpha value is -2.95. The van der Waals surface area contributed by atoms with Gasteiger partial charge in [-0.3, -0.25) is 14.9 Å². The van der Waals surface area contributed by atoms with E-state index < -0.39 is 0 Å². The Morgan fingerprint density at radius 3 is 2.78 bits per heavy atom. The number of hydrogen-bond donors (Lipinski definition) is 1. The minimum atomic E-state index is -0.120. The van der Waals surface area contributed by atoms with Crippen LogP contribution in [0.4, 0.5) is 16.2 Å². The fourth-order valence-electron chi connectivity index (χ4n) is 3.10. The normalized spacial score (nSPS) is 16.4. The summed E-state index contributed by atoms with van der Waals surface area (Å²) in [6.45, 7) is 2.06. The van der Waals surface area contributed by atoms with E-state index >= 15 is 0 Å². The third-order valence-electron chi connectivity index (χ3n) is 4.15. The van der Waals surface area contributed by atoms with E-state index in [1.54, 1.807) is 12.4 Å². The average molecular weight is 304 g/mol. The number of fused-ring (bicyclic) bond motifs is 2. The number of benzene rings is 2. The zero-order valence-corrected chi connectivity index (χ0v) is 12.7. The summed E-state index contributed by atoms with van der Waals surface area (Å²) < 4.78 is 0. The van der Waals surface area contributed by atoms with E-state index in [-0.39, 0.29) is 12.1 Å². The molecule has 1 N–H and O–H groups in total. The lowest BCUT2D eigenvalue weighted by Crippen LogP contribution is -2.39. The molecular formula is C18H16N4O. The van der Waals surface area contributed by atoms with Crippen LogP contribution in [0.5, 0.6) is 0 Å². The molecule has 0 unspecified atom stereocenters. The second kappa shape index (κ2) is 5.35. The van der Waals surface area contributed by atoms with Crippen molar-refractivity contribution in [1.82, 2.24) is 9.97 Å². The molecule has 0 fully saturated rings. The molecule has 2 amide bonds. The maximum absolute atomic E-state index is 12.7. The fourth-order valence-corrected chi connectivity index (χ4v) is 3.10. The maximum Gasteiger partial charge on any atom is 0.326 e. The van der Waals surface area contributed by atoms with Gasteiger partial charge in [-0.25, -0.2) is 4.79 Å². The van der Waals surface area contributed by atoms with Crippen LogP contribution in [0.25, 0.3) is 11.0 Å². The van der Waals surface area contributed by atoms with Gasteiger partial charge in [-0.05, 0) is 43.2 Å². The molecule has 5 heteroatoms. The summed E-state index contributed by atoms with van der Waals surface area (Å²) in [6.07, 6.45) is 4.18. The highest BCUT2D eigenvalue weighted by Crippen LogP contribution is 2.32. The maximum atomic E-state index is 12.7. The number of nitrogens with one attached hydrogen (secondary N) is 1. The molecule has 0 aliphatic carbocycles. The number of para-hydroxylation sites is 1. The lowest BCUT2D eigenvalue weighted by molar-refractivity contribution is 0.256. The number of carbonyl (C=O) groups excluding carboxylic acids is 1. The van der Waals surface area contributed by atoms with Crippen molar-refractivity contribution in [3.63, 3.8) is 0 Å². The van der Waals surface area contributed by atoms with Crippen LogP contribution in [0.2, 0.25) is 0 Å². The highest BCUT2D eigenvalue weighted by Gasteiger charge is 2.30. The summed E-state index contributed by atoms with van der Waals surface area (Å²) in [5, 5.41) is 2.97. The lowest BCUT2D eigenvalue weighted by atomic mass is 10.1. The molecule has 2 aromatic carbocycles. The summed E-state index contributed by atoms with van der Waals surface area (Å²) in [5.74, 6) is 0. The number of amides is 2. The number of urea groups is 1. The first-order valence-corrected chi connectivity index (χ1v) is 7.61. The summed E-state index contributed by atoms with van der Waals surface area (Å²) >= 11 is 0. The number of aromatic nitrogens is 2. The predicted octanol–water partition coefficient (Wildman–Crippen LogP) is 3.61. The Balaban J connectivity index is 1.62. The van der Waals surface area contributed by atoms with Crippen LogP contribution in [0.1, 0.15) is 12.5 Å². The summed E-state index contributed by atoms with van der Waals surface area (Å²) in [7, 11) is 0. The van der Waals surface area contributed by atoms with Gasteiger partial charge in [-0.2, -0.15) is 0 Å². The van der Waals surface area contributed by atoms with Crippen molar-refractivity contribution in [2.75, 3.05) is 10.2 Å². The molecule has 0 saturated heterocycles. The van der Waals surface area contributed by atoms with Crippen LogP contribution < -0.4 is 10.2 Å². The van der Waals surface area contributed by atoms with Gasteiger partial charge < -0.3 is 5.32 Å². The number of carbonyl (C=O) groups is 1. The Bertz CT molecular complexity index is 893. The highest BCUT2D eigenvalue weighted by atomic mass is 16.2. The Kier molecular flexibility index (Phi) is 3.19. The number of anilines is 2. The smallest absolute Gasteiger partial charge is 0.307 e. The number of rotatable bonds is 1. The van der Waals surface area contributed by atoms with E-state index in [0.29, 0.717) is 0 Å². The second-order valence-electron chi connectivity index (χ2n) is 5.74. The van der Waals surface area contributed by atoms with E-state index in [2.05, 4.69) is 28.3 Å². The molecular weight excluding hydrogens is 288 g/mol. The van der Waals surface area contributed by atoms with Crippen molar-refractivity contribution in [2.45, 2.75) is 19.4 Å². The highest BCUT2D eigenvalue weighted by molar-refractivity contribution is 6.04. The van der Waals surface area contributed by atoms with Crippen molar-refractivity contribution in [1.29, 1.82) is 0 Å². The summed E-state index contributed by atoms with van der Waals surface area (Å²) in [6, 6.07) is 13.6. The minimum Gasteiger partial charge on any atom is -0.307 e.